The van der Waals surface area contributed by atoms with Gasteiger partial charge in [-0.2, -0.15) is 5.10 Å². The molecule has 4 rings (SSSR count). The molecule has 1 heterocycles. The summed E-state index contributed by atoms with van der Waals surface area (Å²) >= 11 is 0. The van der Waals surface area contributed by atoms with Crippen molar-refractivity contribution in [1.82, 2.24) is 9.78 Å². The Morgan fingerprint density at radius 3 is 2.64 bits per heavy atom. The SMILES string of the molecule is COc1ccc2cc(C(C)C(=O)Nc3ccnn3C3CCCCC3)ccc2c1. The minimum atomic E-state index is -0.249. The number of ether oxygens (including phenoxy) is 1. The number of aromatic nitrogens is 2. The lowest BCUT2D eigenvalue weighted by Gasteiger charge is -2.24. The molecule has 0 spiro atoms. The second kappa shape index (κ2) is 8.05. The van der Waals surface area contributed by atoms with Crippen LogP contribution in [0.15, 0.2) is 48.7 Å². The smallest absolute Gasteiger partial charge is 0.232 e. The fraction of sp³-hybridized carbons (Fsp3) is 0.391. The summed E-state index contributed by atoms with van der Waals surface area (Å²) in [7, 11) is 1.67. The van der Waals surface area contributed by atoms with Crippen molar-refractivity contribution in [3.63, 3.8) is 0 Å². The number of rotatable bonds is 5. The van der Waals surface area contributed by atoms with Gasteiger partial charge in [0, 0.05) is 6.07 Å². The topological polar surface area (TPSA) is 56.1 Å². The van der Waals surface area contributed by atoms with Crippen LogP contribution in [0.5, 0.6) is 5.75 Å². The van der Waals surface area contributed by atoms with Gasteiger partial charge >= 0.3 is 0 Å². The molecule has 1 aromatic heterocycles. The molecule has 1 fully saturated rings. The van der Waals surface area contributed by atoms with Gasteiger partial charge in [0.1, 0.15) is 11.6 Å². The number of amides is 1. The van der Waals surface area contributed by atoms with E-state index in [4.69, 9.17) is 4.74 Å². The summed E-state index contributed by atoms with van der Waals surface area (Å²) < 4.78 is 7.28. The monoisotopic (exact) mass is 377 g/mol. The van der Waals surface area contributed by atoms with Crippen molar-refractivity contribution in [3.05, 3.63) is 54.2 Å². The molecular weight excluding hydrogens is 350 g/mol. The Hall–Kier alpha value is -2.82. The van der Waals surface area contributed by atoms with Crippen LogP contribution in [0.3, 0.4) is 0 Å². The number of methoxy groups -OCH3 is 1. The average Bonchev–Trinajstić information content (AvgIpc) is 3.21. The fourth-order valence-corrected chi connectivity index (χ4v) is 4.05. The summed E-state index contributed by atoms with van der Waals surface area (Å²) in [6.07, 6.45) is 7.80. The fourth-order valence-electron chi connectivity index (χ4n) is 4.05. The summed E-state index contributed by atoms with van der Waals surface area (Å²) in [6, 6.07) is 14.4. The van der Waals surface area contributed by atoms with Crippen molar-refractivity contribution in [2.75, 3.05) is 12.4 Å². The zero-order valence-corrected chi connectivity index (χ0v) is 16.5. The quantitative estimate of drug-likeness (QED) is 0.657. The maximum atomic E-state index is 12.9. The number of nitrogens with zero attached hydrogens (tertiary/aromatic N) is 2. The molecule has 1 atom stereocenters. The first-order valence-electron chi connectivity index (χ1n) is 10.1. The summed E-state index contributed by atoms with van der Waals surface area (Å²) in [5.41, 5.74) is 0.999. The second-order valence-corrected chi connectivity index (χ2v) is 7.64. The Bertz CT molecular complexity index is 973. The highest BCUT2D eigenvalue weighted by Crippen LogP contribution is 2.31. The van der Waals surface area contributed by atoms with Crippen molar-refractivity contribution in [1.29, 1.82) is 0 Å². The van der Waals surface area contributed by atoms with Gasteiger partial charge in [0.25, 0.3) is 0 Å². The molecule has 0 aliphatic heterocycles. The van der Waals surface area contributed by atoms with E-state index in [1.807, 2.05) is 48.0 Å². The highest BCUT2D eigenvalue weighted by Gasteiger charge is 2.21. The highest BCUT2D eigenvalue weighted by atomic mass is 16.5. The molecule has 0 bridgehead atoms. The molecule has 1 aliphatic carbocycles. The van der Waals surface area contributed by atoms with Crippen molar-refractivity contribution in [3.8, 4) is 5.75 Å². The Labute approximate surface area is 165 Å². The zero-order valence-electron chi connectivity index (χ0n) is 16.5. The second-order valence-electron chi connectivity index (χ2n) is 7.64. The number of hydrogen-bond acceptors (Lipinski definition) is 3. The van der Waals surface area contributed by atoms with Crippen LogP contribution >= 0.6 is 0 Å². The number of anilines is 1. The van der Waals surface area contributed by atoms with Gasteiger partial charge in [-0.25, -0.2) is 4.68 Å². The van der Waals surface area contributed by atoms with Gasteiger partial charge < -0.3 is 10.1 Å². The third-order valence-corrected chi connectivity index (χ3v) is 5.81. The summed E-state index contributed by atoms with van der Waals surface area (Å²) in [5.74, 6) is 1.38. The van der Waals surface area contributed by atoms with Crippen LogP contribution in [0.25, 0.3) is 10.8 Å². The van der Waals surface area contributed by atoms with Crippen LogP contribution in [0.4, 0.5) is 5.82 Å². The summed E-state index contributed by atoms with van der Waals surface area (Å²) in [5, 5.41) is 9.77. The van der Waals surface area contributed by atoms with Gasteiger partial charge in [0.2, 0.25) is 5.91 Å². The Morgan fingerprint density at radius 1 is 1.11 bits per heavy atom. The number of carbonyl (C=O) groups excluding carboxylic acids is 1. The summed E-state index contributed by atoms with van der Waals surface area (Å²) in [4.78, 5) is 12.9. The number of hydrogen-bond donors (Lipinski definition) is 1. The zero-order chi connectivity index (χ0) is 19.5. The van der Waals surface area contributed by atoms with Crippen LogP contribution < -0.4 is 10.1 Å². The van der Waals surface area contributed by atoms with Gasteiger partial charge in [-0.1, -0.05) is 43.5 Å². The van der Waals surface area contributed by atoms with Crippen molar-refractivity contribution in [2.45, 2.75) is 51.0 Å². The van der Waals surface area contributed by atoms with Gasteiger partial charge in [-0.15, -0.1) is 0 Å². The maximum absolute atomic E-state index is 12.9. The lowest BCUT2D eigenvalue weighted by atomic mass is 9.95. The molecule has 3 aromatic rings. The van der Waals surface area contributed by atoms with Crippen LogP contribution in [0, 0.1) is 0 Å². The van der Waals surface area contributed by atoms with Crippen LogP contribution in [0.1, 0.15) is 56.6 Å². The summed E-state index contributed by atoms with van der Waals surface area (Å²) in [6.45, 7) is 1.95. The first-order chi connectivity index (χ1) is 13.7. The number of benzene rings is 2. The minimum absolute atomic E-state index is 0.00887. The highest BCUT2D eigenvalue weighted by molar-refractivity contribution is 5.96. The van der Waals surface area contributed by atoms with E-state index in [0.717, 1.165) is 40.7 Å². The minimum Gasteiger partial charge on any atom is -0.497 e. The van der Waals surface area contributed by atoms with Gasteiger partial charge in [-0.05, 0) is 48.2 Å². The average molecular weight is 377 g/mol. The standard InChI is InChI=1S/C23H27N3O2/c1-16(17-8-9-19-15-21(28-2)11-10-18(19)14-17)23(27)25-22-12-13-24-26(22)20-6-4-3-5-7-20/h8-16,20H,3-7H2,1-2H3,(H,25,27). The molecule has 0 saturated heterocycles. The largest absolute Gasteiger partial charge is 0.497 e. The molecule has 1 N–H and O–H groups in total. The van der Waals surface area contributed by atoms with E-state index in [1.54, 1.807) is 13.3 Å². The normalized spacial score (nSPS) is 16.1. The first-order valence-corrected chi connectivity index (χ1v) is 10.1. The lowest BCUT2D eigenvalue weighted by Crippen LogP contribution is -2.23. The molecule has 1 saturated carbocycles. The Morgan fingerprint density at radius 2 is 1.86 bits per heavy atom. The predicted molar refractivity (Wildman–Crippen MR) is 112 cm³/mol. The van der Waals surface area contributed by atoms with Gasteiger partial charge in [-0.3, -0.25) is 4.79 Å². The van der Waals surface area contributed by atoms with E-state index in [9.17, 15) is 4.79 Å². The maximum Gasteiger partial charge on any atom is 0.232 e. The van der Waals surface area contributed by atoms with Crippen molar-refractivity contribution < 1.29 is 9.53 Å². The van der Waals surface area contributed by atoms with E-state index in [-0.39, 0.29) is 11.8 Å². The van der Waals surface area contributed by atoms with Gasteiger partial charge in [0.05, 0.1) is 25.3 Å². The molecule has 146 valence electrons. The Kier molecular flexibility index (Phi) is 5.33. The van der Waals surface area contributed by atoms with E-state index in [1.165, 1.54) is 19.3 Å². The third-order valence-electron chi connectivity index (χ3n) is 5.81. The first kappa shape index (κ1) is 18.5. The van der Waals surface area contributed by atoms with E-state index < -0.39 is 0 Å². The number of nitrogens with one attached hydrogen (secondary N) is 1. The predicted octanol–water partition coefficient (Wildman–Crippen LogP) is 5.29. The molecule has 1 amide bonds. The van der Waals surface area contributed by atoms with E-state index in [0.29, 0.717) is 6.04 Å². The molecule has 0 radical (unpaired) electrons. The van der Waals surface area contributed by atoms with Crippen molar-refractivity contribution >= 4 is 22.5 Å². The van der Waals surface area contributed by atoms with Crippen molar-refractivity contribution in [2.24, 2.45) is 0 Å². The van der Waals surface area contributed by atoms with Gasteiger partial charge in [0.15, 0.2) is 0 Å². The van der Waals surface area contributed by atoms with E-state index in [2.05, 4.69) is 16.5 Å². The molecule has 1 unspecified atom stereocenters. The van der Waals surface area contributed by atoms with Crippen LogP contribution in [-0.4, -0.2) is 22.8 Å². The molecule has 28 heavy (non-hydrogen) atoms. The molecule has 1 aliphatic rings. The van der Waals surface area contributed by atoms with E-state index >= 15 is 0 Å². The molecule has 5 heteroatoms. The third kappa shape index (κ3) is 3.75. The van der Waals surface area contributed by atoms with Crippen LogP contribution in [-0.2, 0) is 4.79 Å². The number of fused-ring (bicyclic) bond motifs is 1. The molecule has 5 nitrogen and oxygen atoms in total. The van der Waals surface area contributed by atoms with Crippen LogP contribution in [0.2, 0.25) is 0 Å². The Balaban J connectivity index is 1.51. The lowest BCUT2D eigenvalue weighted by molar-refractivity contribution is -0.117. The number of carbonyl (C=O) groups is 1. The molecule has 2 aromatic carbocycles. The molecular formula is C23H27N3O2.